The fraction of sp³-hybridized carbons (Fsp3) is 0.670. The standard InChI is InChI=1S/C15H18.7C11H14.C10H14.CH4/c1-3-10-5-8(1)12-7-13-9-2-4-11(6-9)15(13)14(10)12;7*1-7-2-5-10-8-3-4-9(6-8)11(7)10;1-2-9-7-4-5-8(6-7)10(9)3-1;/h1-4,8-15H,5-7H2;7*2-5,7-11H,6H2,1H3;4-5,7-10H,1-3,6H2;1H4. The molecule has 0 amide bonds. The molecular weight excluding hydrogens is 1240 g/mol. The Balaban J connectivity index is 0.0000000775. The third-order valence-corrected chi connectivity index (χ3v) is 37.0. The van der Waals surface area contributed by atoms with Gasteiger partial charge in [-0.1, -0.05) is 269 Å². The zero-order valence-corrected chi connectivity index (χ0v) is 63.7. The van der Waals surface area contributed by atoms with Crippen LogP contribution in [0.5, 0.6) is 0 Å². The van der Waals surface area contributed by atoms with Gasteiger partial charge in [0.1, 0.15) is 0 Å². The van der Waals surface area contributed by atoms with Crippen LogP contribution in [-0.2, 0) is 0 Å². The Morgan fingerprint density at radius 1 is 0.146 bits per heavy atom. The van der Waals surface area contributed by atoms with Gasteiger partial charge in [-0.3, -0.25) is 0 Å². The van der Waals surface area contributed by atoms with E-state index >= 15 is 0 Å². The summed E-state index contributed by atoms with van der Waals surface area (Å²) in [4.78, 5) is 0. The molecule has 0 spiro atoms. The third-order valence-electron chi connectivity index (χ3n) is 37.0. The normalized spacial score (nSPS) is 58.0. The van der Waals surface area contributed by atoms with Crippen molar-refractivity contribution in [2.75, 3.05) is 0 Å². The van der Waals surface area contributed by atoms with Gasteiger partial charge in [-0.05, 0) is 362 Å². The Bertz CT molecular complexity index is 3160. The van der Waals surface area contributed by atoms with Crippen molar-refractivity contribution in [1.82, 2.24) is 0 Å². The molecular formula is C103H134. The Kier molecular flexibility index (Phi) is 17.6. The average molecular weight is 1370 g/mol. The summed E-state index contributed by atoms with van der Waals surface area (Å²) in [6.45, 7) is 16.6. The zero-order valence-electron chi connectivity index (χ0n) is 63.7. The van der Waals surface area contributed by atoms with Crippen molar-refractivity contribution in [3.8, 4) is 0 Å². The maximum Gasteiger partial charge on any atom is -0.0131 e. The molecule has 0 aromatic rings. The van der Waals surface area contributed by atoms with Crippen molar-refractivity contribution in [3.05, 3.63) is 207 Å². The lowest BCUT2D eigenvalue weighted by Crippen LogP contribution is -2.24. The van der Waals surface area contributed by atoms with Crippen LogP contribution in [-0.4, -0.2) is 0 Å². The monoisotopic (exact) mass is 1370 g/mol. The molecule has 0 aliphatic heterocycles. The Morgan fingerprint density at radius 3 is 0.505 bits per heavy atom. The van der Waals surface area contributed by atoms with Gasteiger partial charge in [0.15, 0.2) is 0 Å². The first-order chi connectivity index (χ1) is 49.9. The lowest BCUT2D eigenvalue weighted by atomic mass is 9.75. The zero-order chi connectivity index (χ0) is 68.1. The van der Waals surface area contributed by atoms with E-state index in [1.165, 1.54) is 83.5 Å². The highest BCUT2D eigenvalue weighted by molar-refractivity contribution is 5.31. The summed E-state index contributed by atoms with van der Waals surface area (Å²) in [6, 6.07) is 0. The second kappa shape index (κ2) is 26.7. The van der Waals surface area contributed by atoms with Crippen LogP contribution in [0.4, 0.5) is 0 Å². The van der Waals surface area contributed by atoms with Crippen LogP contribution in [0.15, 0.2) is 207 Å². The summed E-state index contributed by atoms with van der Waals surface area (Å²) in [5.74, 6) is 44.6. The lowest BCUT2D eigenvalue weighted by molar-refractivity contribution is 0.238. The van der Waals surface area contributed by atoms with Gasteiger partial charge in [-0.2, -0.15) is 0 Å². The Morgan fingerprint density at radius 2 is 0.301 bits per heavy atom. The molecule has 29 aliphatic carbocycles. The highest BCUT2D eigenvalue weighted by Crippen LogP contribution is 2.69. The van der Waals surface area contributed by atoms with Gasteiger partial charge in [0.25, 0.3) is 0 Å². The van der Waals surface area contributed by atoms with Crippen LogP contribution in [0.25, 0.3) is 0 Å². The molecule has 47 unspecified atom stereocenters. The molecule has 29 rings (SSSR count). The summed E-state index contributed by atoms with van der Waals surface area (Å²) in [7, 11) is 0. The number of rotatable bonds is 0. The van der Waals surface area contributed by atoms with E-state index in [0.29, 0.717) is 0 Å². The fourth-order valence-corrected chi connectivity index (χ4v) is 32.9. The molecule has 20 bridgehead atoms. The molecule has 0 heterocycles. The van der Waals surface area contributed by atoms with Crippen molar-refractivity contribution >= 4 is 0 Å². The first-order valence-corrected chi connectivity index (χ1v) is 44.5. The molecule has 0 aromatic carbocycles. The van der Waals surface area contributed by atoms with Gasteiger partial charge in [0.2, 0.25) is 0 Å². The summed E-state index contributed by atoms with van der Waals surface area (Å²) < 4.78 is 0. The van der Waals surface area contributed by atoms with Gasteiger partial charge >= 0.3 is 0 Å². The quantitative estimate of drug-likeness (QED) is 0.212. The molecule has 0 N–H and O–H groups in total. The van der Waals surface area contributed by atoms with E-state index in [4.69, 9.17) is 0 Å². The van der Waals surface area contributed by atoms with Crippen molar-refractivity contribution in [1.29, 1.82) is 0 Å². The topological polar surface area (TPSA) is 0 Å². The van der Waals surface area contributed by atoms with Crippen molar-refractivity contribution < 1.29 is 0 Å². The maximum absolute atomic E-state index is 2.56. The number of fused-ring (bicyclic) bond motifs is 51. The van der Waals surface area contributed by atoms with Crippen molar-refractivity contribution in [3.63, 3.8) is 0 Å². The fourth-order valence-electron chi connectivity index (χ4n) is 32.9. The third kappa shape index (κ3) is 11.2. The largest absolute Gasteiger partial charge is 0.0851 e. The molecule has 47 atom stereocenters. The molecule has 103 heavy (non-hydrogen) atoms. The first-order valence-electron chi connectivity index (χ1n) is 44.5. The Hall–Kier alpha value is -4.42. The summed E-state index contributed by atoms with van der Waals surface area (Å²) in [5.41, 5.74) is 0. The summed E-state index contributed by atoms with van der Waals surface area (Å²) in [5, 5.41) is 0. The van der Waals surface area contributed by atoms with Gasteiger partial charge in [-0.25, -0.2) is 0 Å². The smallest absolute Gasteiger partial charge is 0.0131 e. The highest BCUT2D eigenvalue weighted by Gasteiger charge is 2.62. The van der Waals surface area contributed by atoms with Gasteiger partial charge in [-0.15, -0.1) is 0 Å². The van der Waals surface area contributed by atoms with Gasteiger partial charge < -0.3 is 0 Å². The summed E-state index contributed by atoms with van der Waals surface area (Å²) in [6.07, 6.45) is 104. The number of hydrogen-bond acceptors (Lipinski definition) is 0. The average Bonchev–Trinajstić information content (AvgIpc) is 1.54. The molecule has 0 aromatic heterocycles. The molecule has 0 heteroatoms. The van der Waals surface area contributed by atoms with E-state index in [9.17, 15) is 0 Å². The second-order valence-electron chi connectivity index (χ2n) is 41.3. The van der Waals surface area contributed by atoms with E-state index in [1.54, 1.807) is 6.42 Å². The van der Waals surface area contributed by atoms with E-state index in [2.05, 4.69) is 255 Å². The minimum absolute atomic E-state index is 0. The van der Waals surface area contributed by atoms with Crippen LogP contribution in [0, 0.1) is 278 Å². The van der Waals surface area contributed by atoms with Crippen molar-refractivity contribution in [2.45, 2.75) is 146 Å². The first kappa shape index (κ1) is 67.9. The van der Waals surface area contributed by atoms with Crippen LogP contribution < -0.4 is 0 Å². The minimum Gasteiger partial charge on any atom is -0.0851 e. The molecule has 0 nitrogen and oxygen atoms in total. The van der Waals surface area contributed by atoms with Crippen LogP contribution in [0.2, 0.25) is 0 Å². The van der Waals surface area contributed by atoms with Gasteiger partial charge in [0.05, 0.1) is 0 Å². The van der Waals surface area contributed by atoms with Crippen LogP contribution >= 0.6 is 0 Å². The highest BCUT2D eigenvalue weighted by atomic mass is 14.7. The number of allylic oxidation sites excluding steroid dienone is 34. The van der Waals surface area contributed by atoms with Crippen LogP contribution in [0.1, 0.15) is 146 Å². The predicted octanol–water partition coefficient (Wildman–Crippen LogP) is 24.9. The van der Waals surface area contributed by atoms with E-state index in [0.717, 1.165) is 278 Å². The van der Waals surface area contributed by atoms with Crippen molar-refractivity contribution in [2.24, 2.45) is 278 Å². The lowest BCUT2D eigenvalue weighted by Gasteiger charge is -2.29. The Labute approximate surface area is 626 Å². The molecule has 0 radical (unpaired) electrons. The maximum atomic E-state index is 2.56. The van der Waals surface area contributed by atoms with E-state index < -0.39 is 0 Å². The molecule has 12 fully saturated rings. The molecule has 29 aliphatic rings. The SMILES string of the molecule is C.C1=CC2CC1C1CC3C4C=CC(C4)C3C21.C1=CC2CC1C1CCCC21.CC1C=CC2C3C=CC(C3)C12.CC1C=CC2C3C=CC(C3)C12.CC1C=CC2C3C=CC(C3)C12.CC1C=CC2C3C=CC(C3)C12.CC1C=CC2C3C=CC(C3)C12.CC1C=CC2C3C=CC(C3)C12.CC1C=CC2C3C=CC(C3)C12. The molecule has 0 saturated heterocycles. The van der Waals surface area contributed by atoms with E-state index in [-0.39, 0.29) is 7.43 Å². The van der Waals surface area contributed by atoms with Gasteiger partial charge in [0, 0.05) is 0 Å². The second-order valence-corrected chi connectivity index (χ2v) is 41.3. The predicted molar refractivity (Wildman–Crippen MR) is 430 cm³/mol. The summed E-state index contributed by atoms with van der Waals surface area (Å²) >= 11 is 0. The minimum atomic E-state index is 0. The number of hydrogen-bond donors (Lipinski definition) is 0. The molecule has 546 valence electrons. The molecule has 12 saturated carbocycles. The van der Waals surface area contributed by atoms with E-state index in [1.807, 2.05) is 0 Å². The van der Waals surface area contributed by atoms with Crippen LogP contribution in [0.3, 0.4) is 0 Å².